The fourth-order valence-corrected chi connectivity index (χ4v) is 4.49. The number of fused-ring (bicyclic) bond motifs is 4. The van der Waals surface area contributed by atoms with Crippen LogP contribution < -0.4 is 0 Å². The summed E-state index contributed by atoms with van der Waals surface area (Å²) < 4.78 is 6.01. The number of nitrogens with zero attached hydrogens (tertiary/aromatic N) is 1. The van der Waals surface area contributed by atoms with E-state index >= 15 is 0 Å². The number of amides is 1. The lowest BCUT2D eigenvalue weighted by atomic mass is 9.94. The quantitative estimate of drug-likeness (QED) is 0.568. The van der Waals surface area contributed by atoms with Gasteiger partial charge in [0.05, 0.1) is 12.5 Å². The summed E-state index contributed by atoms with van der Waals surface area (Å²) in [7, 11) is 0. The van der Waals surface area contributed by atoms with Crippen LogP contribution in [0.2, 0.25) is 0 Å². The molecule has 0 saturated heterocycles. The second-order valence-corrected chi connectivity index (χ2v) is 7.64. The van der Waals surface area contributed by atoms with Crippen LogP contribution in [-0.2, 0) is 14.3 Å². The van der Waals surface area contributed by atoms with Crippen LogP contribution in [0.4, 0.5) is 0 Å². The van der Waals surface area contributed by atoms with Gasteiger partial charge in [-0.3, -0.25) is 9.59 Å². The predicted molar refractivity (Wildman–Crippen MR) is 115 cm³/mol. The van der Waals surface area contributed by atoms with Crippen LogP contribution in [0, 0.1) is 0 Å². The fourth-order valence-electron chi connectivity index (χ4n) is 4.49. The predicted octanol–water partition coefficient (Wildman–Crippen LogP) is 5.26. The van der Waals surface area contributed by atoms with Crippen LogP contribution >= 0.6 is 0 Å². The van der Waals surface area contributed by atoms with Crippen molar-refractivity contribution in [2.24, 2.45) is 0 Å². The Morgan fingerprint density at radius 1 is 0.833 bits per heavy atom. The van der Waals surface area contributed by atoms with E-state index in [2.05, 4.69) is 12.1 Å². The number of esters is 1. The molecular formula is C26H21NO3. The monoisotopic (exact) mass is 395 g/mol. The average Bonchev–Trinajstić information content (AvgIpc) is 3.08. The van der Waals surface area contributed by atoms with Crippen LogP contribution in [0.15, 0.2) is 79.0 Å². The normalized spacial score (nSPS) is 16.6. The van der Waals surface area contributed by atoms with Gasteiger partial charge in [0.25, 0.3) is 0 Å². The van der Waals surface area contributed by atoms with Gasteiger partial charge in [-0.15, -0.1) is 0 Å². The molecule has 3 aromatic carbocycles. The van der Waals surface area contributed by atoms with Gasteiger partial charge in [0.15, 0.2) is 6.10 Å². The molecule has 0 saturated carbocycles. The molecule has 0 spiro atoms. The largest absolute Gasteiger partial charge is 0.452 e. The SMILES string of the molecule is CC(=O)N1C=Cc2ccccc2[C@@H]1CC(=O)OC1c2ccccc2-c2ccccc21. The van der Waals surface area contributed by atoms with E-state index in [1.165, 1.54) is 6.92 Å². The topological polar surface area (TPSA) is 46.6 Å². The average molecular weight is 395 g/mol. The Hall–Kier alpha value is -3.66. The van der Waals surface area contributed by atoms with Gasteiger partial charge in [0.1, 0.15) is 0 Å². The highest BCUT2D eigenvalue weighted by Gasteiger charge is 2.33. The highest BCUT2D eigenvalue weighted by molar-refractivity contribution is 5.82. The van der Waals surface area contributed by atoms with Crippen molar-refractivity contribution in [1.29, 1.82) is 0 Å². The molecule has 4 heteroatoms. The smallest absolute Gasteiger partial charge is 0.309 e. The Morgan fingerprint density at radius 2 is 1.40 bits per heavy atom. The highest BCUT2D eigenvalue weighted by atomic mass is 16.5. The lowest BCUT2D eigenvalue weighted by molar-refractivity contribution is -0.149. The first-order valence-electron chi connectivity index (χ1n) is 10.1. The van der Waals surface area contributed by atoms with E-state index in [1.54, 1.807) is 11.1 Å². The van der Waals surface area contributed by atoms with E-state index in [9.17, 15) is 9.59 Å². The zero-order chi connectivity index (χ0) is 20.7. The van der Waals surface area contributed by atoms with Crippen LogP contribution in [0.25, 0.3) is 17.2 Å². The molecule has 148 valence electrons. The van der Waals surface area contributed by atoms with Gasteiger partial charge < -0.3 is 9.64 Å². The molecule has 0 N–H and O–H groups in total. The second-order valence-electron chi connectivity index (χ2n) is 7.64. The third kappa shape index (κ3) is 3.01. The first kappa shape index (κ1) is 18.4. The van der Waals surface area contributed by atoms with Crippen LogP contribution in [0.5, 0.6) is 0 Å². The Morgan fingerprint density at radius 3 is 2.03 bits per heavy atom. The molecule has 0 fully saturated rings. The fraction of sp³-hybridized carbons (Fsp3) is 0.154. The summed E-state index contributed by atoms with van der Waals surface area (Å²) in [5, 5.41) is 0. The molecular weight excluding hydrogens is 374 g/mol. The molecule has 1 aliphatic heterocycles. The van der Waals surface area contributed by atoms with Gasteiger partial charge in [0.2, 0.25) is 5.91 Å². The molecule has 4 nitrogen and oxygen atoms in total. The number of rotatable bonds is 3. The van der Waals surface area contributed by atoms with Gasteiger partial charge in [0, 0.05) is 24.3 Å². The minimum absolute atomic E-state index is 0.0990. The maximum absolute atomic E-state index is 13.1. The Labute approximate surface area is 175 Å². The Balaban J connectivity index is 1.44. The molecule has 2 aliphatic rings. The van der Waals surface area contributed by atoms with Crippen molar-refractivity contribution in [3.63, 3.8) is 0 Å². The number of hydrogen-bond donors (Lipinski definition) is 0. The van der Waals surface area contributed by atoms with E-state index in [-0.39, 0.29) is 24.3 Å². The van der Waals surface area contributed by atoms with Crippen molar-refractivity contribution in [2.45, 2.75) is 25.5 Å². The highest BCUT2D eigenvalue weighted by Crippen LogP contribution is 2.45. The van der Waals surface area contributed by atoms with Crippen LogP contribution in [-0.4, -0.2) is 16.8 Å². The molecule has 0 aromatic heterocycles. The number of carbonyl (C=O) groups is 2. The van der Waals surface area contributed by atoms with E-state index in [1.807, 2.05) is 66.7 Å². The van der Waals surface area contributed by atoms with Gasteiger partial charge in [-0.25, -0.2) is 0 Å². The number of carbonyl (C=O) groups excluding carboxylic acids is 2. The molecule has 5 rings (SSSR count). The van der Waals surface area contributed by atoms with Crippen molar-refractivity contribution < 1.29 is 14.3 Å². The van der Waals surface area contributed by atoms with Crippen molar-refractivity contribution in [3.05, 3.63) is 101 Å². The summed E-state index contributed by atoms with van der Waals surface area (Å²) in [4.78, 5) is 26.9. The van der Waals surface area contributed by atoms with Crippen molar-refractivity contribution in [1.82, 2.24) is 4.90 Å². The molecule has 0 radical (unpaired) electrons. The van der Waals surface area contributed by atoms with Crippen molar-refractivity contribution >= 4 is 18.0 Å². The summed E-state index contributed by atoms with van der Waals surface area (Å²) >= 11 is 0. The molecule has 1 atom stereocenters. The van der Waals surface area contributed by atoms with Crippen LogP contribution in [0.1, 0.15) is 47.7 Å². The summed E-state index contributed by atoms with van der Waals surface area (Å²) in [6.07, 6.45) is 3.33. The van der Waals surface area contributed by atoms with Gasteiger partial charge in [-0.1, -0.05) is 72.8 Å². The molecule has 0 unspecified atom stereocenters. The van der Waals surface area contributed by atoms with E-state index in [4.69, 9.17) is 4.74 Å². The summed E-state index contributed by atoms with van der Waals surface area (Å²) in [5.74, 6) is -0.428. The van der Waals surface area contributed by atoms with E-state index in [0.717, 1.165) is 33.4 Å². The van der Waals surface area contributed by atoms with Gasteiger partial charge in [-0.05, 0) is 28.3 Å². The van der Waals surface area contributed by atoms with Crippen molar-refractivity contribution in [2.75, 3.05) is 0 Å². The zero-order valence-electron chi connectivity index (χ0n) is 16.6. The number of ether oxygens (including phenoxy) is 1. The maximum atomic E-state index is 13.1. The molecule has 1 amide bonds. The minimum Gasteiger partial charge on any atom is -0.452 e. The second kappa shape index (κ2) is 7.30. The maximum Gasteiger partial charge on any atom is 0.309 e. The minimum atomic E-state index is -0.426. The van der Waals surface area contributed by atoms with Crippen LogP contribution in [0.3, 0.4) is 0 Å². The Kier molecular flexibility index (Phi) is 4.47. The molecule has 30 heavy (non-hydrogen) atoms. The lowest BCUT2D eigenvalue weighted by Gasteiger charge is -2.32. The number of hydrogen-bond acceptors (Lipinski definition) is 3. The summed E-state index contributed by atoms with van der Waals surface area (Å²) in [6.45, 7) is 1.51. The zero-order valence-corrected chi connectivity index (χ0v) is 16.6. The van der Waals surface area contributed by atoms with Crippen molar-refractivity contribution in [3.8, 4) is 11.1 Å². The van der Waals surface area contributed by atoms with E-state index < -0.39 is 6.10 Å². The van der Waals surface area contributed by atoms with E-state index in [0.29, 0.717) is 0 Å². The first-order chi connectivity index (χ1) is 14.6. The Bertz CT molecular complexity index is 1130. The summed E-state index contributed by atoms with van der Waals surface area (Å²) in [5.41, 5.74) is 6.17. The first-order valence-corrected chi connectivity index (χ1v) is 10.1. The molecule has 0 bridgehead atoms. The third-order valence-electron chi connectivity index (χ3n) is 5.86. The van der Waals surface area contributed by atoms with Gasteiger partial charge >= 0.3 is 5.97 Å². The third-order valence-corrected chi connectivity index (χ3v) is 5.86. The standard InChI is InChI=1S/C26H21NO3/c1-17(28)27-15-14-18-8-2-3-9-19(18)24(27)16-25(29)30-26-22-12-6-4-10-20(22)21-11-5-7-13-23(21)26/h2-15,24,26H,16H2,1H3/t24-/m0/s1. The number of benzene rings is 3. The molecule has 1 aliphatic carbocycles. The van der Waals surface area contributed by atoms with Gasteiger partial charge in [-0.2, -0.15) is 0 Å². The molecule has 3 aromatic rings. The molecule has 1 heterocycles. The summed E-state index contributed by atoms with van der Waals surface area (Å²) in [6, 6.07) is 23.5. The lowest BCUT2D eigenvalue weighted by Crippen LogP contribution is -2.32.